The molecule has 1 unspecified atom stereocenters. The van der Waals surface area contributed by atoms with Crippen LogP contribution in [-0.4, -0.2) is 101 Å². The van der Waals surface area contributed by atoms with Crippen LogP contribution >= 0.6 is 0 Å². The molecule has 0 aromatic carbocycles. The molecule has 0 saturated carbocycles. The Labute approximate surface area is 169 Å². The van der Waals surface area contributed by atoms with Crippen molar-refractivity contribution in [2.24, 2.45) is 11.3 Å². The van der Waals surface area contributed by atoms with Gasteiger partial charge in [0.1, 0.15) is 0 Å². The molecule has 0 spiro atoms. The lowest BCUT2D eigenvalue weighted by atomic mass is 9.55. The molecular formula is C22H47N3O2. The number of nitrogens with zero attached hydrogens (tertiary/aromatic N) is 3. The van der Waals surface area contributed by atoms with Gasteiger partial charge in [-0.3, -0.25) is 9.80 Å². The van der Waals surface area contributed by atoms with E-state index >= 15 is 0 Å². The normalized spacial score (nSPS) is 19.9. The van der Waals surface area contributed by atoms with Crippen LogP contribution in [0.5, 0.6) is 0 Å². The van der Waals surface area contributed by atoms with Crippen LogP contribution in [0.3, 0.4) is 0 Å². The predicted molar refractivity (Wildman–Crippen MR) is 115 cm³/mol. The summed E-state index contributed by atoms with van der Waals surface area (Å²) < 4.78 is 11.1. The molecule has 5 heteroatoms. The molecule has 1 heterocycles. The fraction of sp³-hybridized carbons (Fsp3) is 1.00. The van der Waals surface area contributed by atoms with Gasteiger partial charge in [-0.05, 0) is 73.1 Å². The molecule has 1 atom stereocenters. The topological polar surface area (TPSA) is 28.2 Å². The van der Waals surface area contributed by atoms with Crippen molar-refractivity contribution < 1.29 is 9.47 Å². The second-order valence-electron chi connectivity index (χ2n) is 9.88. The van der Waals surface area contributed by atoms with Crippen molar-refractivity contribution in [1.82, 2.24) is 14.7 Å². The number of hydrogen-bond donors (Lipinski definition) is 0. The first-order chi connectivity index (χ1) is 12.4. The number of methoxy groups -OCH3 is 1. The van der Waals surface area contributed by atoms with Crippen LogP contribution < -0.4 is 0 Å². The Morgan fingerprint density at radius 2 is 1.41 bits per heavy atom. The first-order valence-corrected chi connectivity index (χ1v) is 10.6. The minimum absolute atomic E-state index is 0.0134. The van der Waals surface area contributed by atoms with Gasteiger partial charge >= 0.3 is 0 Å². The van der Waals surface area contributed by atoms with Gasteiger partial charge in [0.25, 0.3) is 0 Å². The van der Waals surface area contributed by atoms with Crippen molar-refractivity contribution in [1.29, 1.82) is 0 Å². The quantitative estimate of drug-likeness (QED) is 0.545. The molecule has 0 aromatic heterocycles. The summed E-state index contributed by atoms with van der Waals surface area (Å²) in [5.41, 5.74) is 0.109. The molecule has 162 valence electrons. The molecule has 0 aliphatic carbocycles. The molecule has 27 heavy (non-hydrogen) atoms. The van der Waals surface area contributed by atoms with Gasteiger partial charge in [0.15, 0.2) is 0 Å². The molecule has 1 saturated heterocycles. The molecule has 0 amide bonds. The maximum Gasteiger partial charge on any atom is 0.0589 e. The van der Waals surface area contributed by atoms with Gasteiger partial charge in [0, 0.05) is 51.0 Å². The van der Waals surface area contributed by atoms with Gasteiger partial charge in [-0.15, -0.1) is 0 Å². The lowest BCUT2D eigenvalue weighted by molar-refractivity contribution is -0.135. The summed E-state index contributed by atoms with van der Waals surface area (Å²) in [5, 5.41) is 0. The zero-order valence-corrected chi connectivity index (χ0v) is 19.9. The molecular weight excluding hydrogens is 338 g/mol. The lowest BCUT2D eigenvalue weighted by Crippen LogP contribution is -2.73. The van der Waals surface area contributed by atoms with Gasteiger partial charge < -0.3 is 14.4 Å². The first-order valence-electron chi connectivity index (χ1n) is 10.6. The summed E-state index contributed by atoms with van der Waals surface area (Å²) in [7, 11) is 10.7. The second kappa shape index (κ2) is 10.0. The highest BCUT2D eigenvalue weighted by Gasteiger charge is 2.57. The van der Waals surface area contributed by atoms with E-state index in [2.05, 4.69) is 77.5 Å². The predicted octanol–water partition coefficient (Wildman–Crippen LogP) is 3.05. The summed E-state index contributed by atoms with van der Waals surface area (Å²) in [6.45, 7) is 17.9. The molecule has 0 aromatic rings. The van der Waals surface area contributed by atoms with Gasteiger partial charge in [-0.2, -0.15) is 0 Å². The monoisotopic (exact) mass is 385 g/mol. The van der Waals surface area contributed by atoms with E-state index in [1.54, 1.807) is 7.11 Å². The van der Waals surface area contributed by atoms with Gasteiger partial charge in [-0.1, -0.05) is 13.8 Å². The van der Waals surface area contributed by atoms with Crippen LogP contribution in [0.4, 0.5) is 0 Å². The van der Waals surface area contributed by atoms with E-state index < -0.39 is 0 Å². The smallest absolute Gasteiger partial charge is 0.0589 e. The molecule has 0 bridgehead atoms. The van der Waals surface area contributed by atoms with Gasteiger partial charge in [-0.25, -0.2) is 0 Å². The summed E-state index contributed by atoms with van der Waals surface area (Å²) in [4.78, 5) is 7.38. The van der Waals surface area contributed by atoms with E-state index in [4.69, 9.17) is 9.47 Å². The van der Waals surface area contributed by atoms with Crippen molar-refractivity contribution in [2.45, 2.75) is 58.5 Å². The minimum Gasteiger partial charge on any atom is -0.383 e. The van der Waals surface area contributed by atoms with Gasteiger partial charge in [0.05, 0.1) is 6.61 Å². The Morgan fingerprint density at radius 1 is 0.852 bits per heavy atom. The van der Waals surface area contributed by atoms with E-state index in [1.165, 1.54) is 0 Å². The van der Waals surface area contributed by atoms with Crippen LogP contribution in [0, 0.1) is 11.3 Å². The van der Waals surface area contributed by atoms with E-state index in [-0.39, 0.29) is 16.5 Å². The maximum absolute atomic E-state index is 5.69. The number of ether oxygens (including phenoxy) is 2. The number of likely N-dealkylation sites (N-methyl/N-ethyl adjacent to an activating group) is 3. The van der Waals surface area contributed by atoms with E-state index in [0.717, 1.165) is 52.3 Å². The lowest BCUT2D eigenvalue weighted by Gasteiger charge is -2.63. The summed E-state index contributed by atoms with van der Waals surface area (Å²) in [5.74, 6) is 0.660. The summed E-state index contributed by atoms with van der Waals surface area (Å²) >= 11 is 0. The Balaban J connectivity index is 3.28. The minimum atomic E-state index is -0.0194. The first kappa shape index (κ1) is 24.8. The molecule has 0 radical (unpaired) electrons. The third kappa shape index (κ3) is 5.24. The zero-order valence-electron chi connectivity index (χ0n) is 19.9. The summed E-state index contributed by atoms with van der Waals surface area (Å²) in [6, 6.07) is 0. The van der Waals surface area contributed by atoms with Crippen molar-refractivity contribution in [3.63, 3.8) is 0 Å². The Morgan fingerprint density at radius 3 is 1.89 bits per heavy atom. The zero-order chi connectivity index (χ0) is 20.9. The van der Waals surface area contributed by atoms with Crippen molar-refractivity contribution in [3.8, 4) is 0 Å². The molecule has 1 aliphatic heterocycles. The Hall–Kier alpha value is -0.200. The largest absolute Gasteiger partial charge is 0.383 e. The van der Waals surface area contributed by atoms with Crippen molar-refractivity contribution >= 4 is 0 Å². The Kier molecular flexibility index (Phi) is 9.22. The highest BCUT2D eigenvalue weighted by Crippen LogP contribution is 2.52. The van der Waals surface area contributed by atoms with Crippen molar-refractivity contribution in [2.75, 3.05) is 74.8 Å². The SMILES string of the molecule is COCCN(C)C(C)(C)C(C)(N(C)CCN(C)C)C(C)(C)C1CCOCC1. The average molecular weight is 386 g/mol. The number of rotatable bonds is 11. The van der Waals surface area contributed by atoms with Crippen LogP contribution in [0.25, 0.3) is 0 Å². The third-order valence-corrected chi connectivity index (χ3v) is 7.92. The third-order valence-electron chi connectivity index (χ3n) is 7.92. The van der Waals surface area contributed by atoms with E-state index in [9.17, 15) is 0 Å². The average Bonchev–Trinajstić information content (AvgIpc) is 2.63. The molecule has 1 aliphatic rings. The Bertz CT molecular complexity index is 433. The fourth-order valence-corrected chi connectivity index (χ4v) is 5.02. The second-order valence-corrected chi connectivity index (χ2v) is 9.88. The highest BCUT2D eigenvalue weighted by molar-refractivity contribution is 5.13. The molecule has 5 nitrogen and oxygen atoms in total. The van der Waals surface area contributed by atoms with E-state index in [0.29, 0.717) is 5.92 Å². The number of hydrogen-bond acceptors (Lipinski definition) is 5. The maximum atomic E-state index is 5.69. The molecule has 1 rings (SSSR count). The molecule has 0 N–H and O–H groups in total. The standard InChI is InChI=1S/C22H47N3O2/c1-20(2,19-11-16-27-17-12-19)22(5,25(9)14-13-23(6)7)21(3,4)24(8)15-18-26-10/h19H,11-18H2,1-10H3. The van der Waals surface area contributed by atoms with Crippen LogP contribution in [0.15, 0.2) is 0 Å². The van der Waals surface area contributed by atoms with Gasteiger partial charge in [0.2, 0.25) is 0 Å². The van der Waals surface area contributed by atoms with Crippen LogP contribution in [0.1, 0.15) is 47.5 Å². The fourth-order valence-electron chi connectivity index (χ4n) is 5.02. The van der Waals surface area contributed by atoms with Crippen LogP contribution in [-0.2, 0) is 9.47 Å². The molecule has 1 fully saturated rings. The van der Waals surface area contributed by atoms with Crippen molar-refractivity contribution in [3.05, 3.63) is 0 Å². The highest BCUT2D eigenvalue weighted by atomic mass is 16.5. The summed E-state index contributed by atoms with van der Waals surface area (Å²) in [6.07, 6.45) is 2.31. The van der Waals surface area contributed by atoms with Crippen LogP contribution in [0.2, 0.25) is 0 Å². The van der Waals surface area contributed by atoms with E-state index in [1.807, 2.05) is 0 Å².